The third kappa shape index (κ3) is 9.28. The number of aliphatic carboxylic acids is 1. The van der Waals surface area contributed by atoms with E-state index in [2.05, 4.69) is 33.6 Å². The van der Waals surface area contributed by atoms with Crippen LogP contribution >= 0.6 is 24.4 Å². The number of aromatic amines is 1. The van der Waals surface area contributed by atoms with Gasteiger partial charge in [0.1, 0.15) is 18.1 Å². The summed E-state index contributed by atoms with van der Waals surface area (Å²) < 4.78 is 0. The average molecular weight is 552 g/mol. The van der Waals surface area contributed by atoms with E-state index >= 15 is 0 Å². The molecule has 204 valence electrons. The number of carbonyl (C=O) groups excluding carboxylic acids is 3. The van der Waals surface area contributed by atoms with Gasteiger partial charge < -0.3 is 31.8 Å². The maximum Gasteiger partial charge on any atom is 0.327 e. The monoisotopic (exact) mass is 551 g/mol. The zero-order valence-corrected chi connectivity index (χ0v) is 23.0. The Kier molecular flexibility index (Phi) is 12.3. The molecule has 2 aromatic rings. The first-order chi connectivity index (χ1) is 17.6. The lowest BCUT2D eigenvalue weighted by molar-refractivity contribution is -0.141. The van der Waals surface area contributed by atoms with Crippen LogP contribution in [0.3, 0.4) is 0 Å². The van der Waals surface area contributed by atoms with Gasteiger partial charge in [0.2, 0.25) is 17.7 Å². The molecule has 0 fully saturated rings. The number of benzene rings is 1. The van der Waals surface area contributed by atoms with Gasteiger partial charge >= 0.3 is 5.97 Å². The second kappa shape index (κ2) is 14.9. The van der Waals surface area contributed by atoms with Crippen LogP contribution < -0.4 is 21.7 Å². The highest BCUT2D eigenvalue weighted by atomic mass is 32.2. The highest BCUT2D eigenvalue weighted by molar-refractivity contribution is 7.98. The number of rotatable bonds is 15. The van der Waals surface area contributed by atoms with Crippen molar-refractivity contribution in [3.63, 3.8) is 0 Å². The first-order valence-corrected chi connectivity index (χ1v) is 14.1. The van der Waals surface area contributed by atoms with E-state index in [1.165, 1.54) is 11.8 Å². The van der Waals surface area contributed by atoms with Crippen molar-refractivity contribution in [1.82, 2.24) is 20.9 Å². The molecule has 0 radical (unpaired) electrons. The number of hydrogen-bond acceptors (Lipinski definition) is 7. The predicted octanol–water partition coefficient (Wildman–Crippen LogP) is 1.31. The Morgan fingerprint density at radius 3 is 2.27 bits per heavy atom. The number of nitrogens with two attached hydrogens (primary N) is 1. The first-order valence-electron chi connectivity index (χ1n) is 12.1. The van der Waals surface area contributed by atoms with Gasteiger partial charge in [0.15, 0.2) is 0 Å². The molecule has 0 saturated carbocycles. The number of carboxylic acids is 1. The highest BCUT2D eigenvalue weighted by Crippen LogP contribution is 2.19. The molecule has 0 aliphatic carbocycles. The van der Waals surface area contributed by atoms with Crippen molar-refractivity contribution >= 4 is 59.0 Å². The van der Waals surface area contributed by atoms with Crippen LogP contribution in [0.5, 0.6) is 0 Å². The van der Waals surface area contributed by atoms with Crippen LogP contribution in [0, 0.1) is 5.92 Å². The normalized spacial score (nSPS) is 14.5. The van der Waals surface area contributed by atoms with Gasteiger partial charge in [0, 0.05) is 29.3 Å². The summed E-state index contributed by atoms with van der Waals surface area (Å²) in [7, 11) is 0. The molecular formula is C25H37N5O5S2. The summed E-state index contributed by atoms with van der Waals surface area (Å²) in [6.45, 7) is 3.90. The minimum Gasteiger partial charge on any atom is -0.480 e. The van der Waals surface area contributed by atoms with Crippen LogP contribution in [-0.2, 0) is 25.6 Å². The Balaban J connectivity index is 2.28. The van der Waals surface area contributed by atoms with Crippen molar-refractivity contribution in [2.75, 3.05) is 17.8 Å². The minimum atomic E-state index is -1.22. The molecule has 4 unspecified atom stereocenters. The van der Waals surface area contributed by atoms with Crippen LogP contribution in [0.15, 0.2) is 30.5 Å². The number of H-pyrrole nitrogens is 1. The number of thioether (sulfide) groups is 1. The van der Waals surface area contributed by atoms with Crippen molar-refractivity contribution < 1.29 is 24.3 Å². The number of carbonyl (C=O) groups is 4. The van der Waals surface area contributed by atoms with Crippen molar-refractivity contribution in [3.05, 3.63) is 36.0 Å². The van der Waals surface area contributed by atoms with Crippen molar-refractivity contribution in [1.29, 1.82) is 0 Å². The summed E-state index contributed by atoms with van der Waals surface area (Å²) >= 11 is 5.47. The summed E-state index contributed by atoms with van der Waals surface area (Å²) in [5, 5.41) is 18.1. The third-order valence-corrected chi connectivity index (χ3v) is 6.84. The minimum absolute atomic E-state index is 0.0999. The zero-order valence-electron chi connectivity index (χ0n) is 21.3. The van der Waals surface area contributed by atoms with E-state index in [1.807, 2.05) is 44.4 Å². The molecule has 1 heterocycles. The number of thiol groups is 1. The van der Waals surface area contributed by atoms with Gasteiger partial charge in [-0.1, -0.05) is 32.0 Å². The van der Waals surface area contributed by atoms with Crippen molar-refractivity contribution in [2.24, 2.45) is 11.7 Å². The summed E-state index contributed by atoms with van der Waals surface area (Å²) in [6.07, 6.45) is 4.54. The van der Waals surface area contributed by atoms with Gasteiger partial charge in [-0.25, -0.2) is 4.79 Å². The van der Waals surface area contributed by atoms with E-state index in [9.17, 15) is 24.3 Å². The maximum absolute atomic E-state index is 13.5. The number of hydrogen-bond donors (Lipinski definition) is 7. The largest absolute Gasteiger partial charge is 0.480 e. The quantitative estimate of drug-likeness (QED) is 0.164. The number of fused-ring (bicyclic) bond motifs is 1. The number of amides is 3. The van der Waals surface area contributed by atoms with E-state index in [1.54, 1.807) is 6.20 Å². The van der Waals surface area contributed by atoms with E-state index in [0.29, 0.717) is 12.2 Å². The number of aromatic nitrogens is 1. The second-order valence-electron chi connectivity index (χ2n) is 9.29. The fourth-order valence-electron chi connectivity index (χ4n) is 3.86. The van der Waals surface area contributed by atoms with Crippen LogP contribution in [0.2, 0.25) is 0 Å². The van der Waals surface area contributed by atoms with E-state index < -0.39 is 47.9 Å². The smallest absolute Gasteiger partial charge is 0.327 e. The van der Waals surface area contributed by atoms with Crippen molar-refractivity contribution in [2.45, 2.75) is 57.3 Å². The topological polar surface area (TPSA) is 166 Å². The molecule has 12 heteroatoms. The summed E-state index contributed by atoms with van der Waals surface area (Å²) in [5.74, 6) is -2.23. The van der Waals surface area contributed by atoms with Gasteiger partial charge in [-0.2, -0.15) is 24.4 Å². The van der Waals surface area contributed by atoms with Gasteiger partial charge in [-0.05, 0) is 42.4 Å². The lowest BCUT2D eigenvalue weighted by Gasteiger charge is -2.25. The Morgan fingerprint density at radius 2 is 1.65 bits per heavy atom. The molecule has 0 saturated heterocycles. The molecule has 0 bridgehead atoms. The molecule has 7 N–H and O–H groups in total. The van der Waals surface area contributed by atoms with Crippen molar-refractivity contribution in [3.8, 4) is 0 Å². The first kappa shape index (κ1) is 30.5. The predicted molar refractivity (Wildman–Crippen MR) is 150 cm³/mol. The summed E-state index contributed by atoms with van der Waals surface area (Å²) in [6, 6.07) is 3.62. The van der Waals surface area contributed by atoms with Crippen LogP contribution in [0.25, 0.3) is 10.9 Å². The van der Waals surface area contributed by atoms with Gasteiger partial charge in [0.25, 0.3) is 0 Å². The van der Waals surface area contributed by atoms with Crippen LogP contribution in [0.1, 0.15) is 32.3 Å². The number of carboxylic acid groups (broad SMARTS) is 1. The lowest BCUT2D eigenvalue weighted by Crippen LogP contribution is -2.58. The van der Waals surface area contributed by atoms with Gasteiger partial charge in [-0.15, -0.1) is 0 Å². The molecule has 0 spiro atoms. The standard InChI is InChI=1S/C25H37N5O5S2/c1-14(2)10-17(26)22(31)29-20(11-15-12-27-18-7-5-4-6-16(15)18)24(33)28-19(8-9-37-3)23(32)30-21(13-36)25(34)35/h4-7,12,14,17,19-21,27,36H,8-11,13,26H2,1-3H3,(H,28,33)(H,29,31)(H,30,32)(H,34,35). The average Bonchev–Trinajstić information content (AvgIpc) is 3.26. The summed E-state index contributed by atoms with van der Waals surface area (Å²) in [4.78, 5) is 53.7. The Hall–Kier alpha value is -2.70. The SMILES string of the molecule is CSCCC(NC(=O)C(Cc1c[nH]c2ccccc12)NC(=O)C(N)CC(C)C)C(=O)NC(CS)C(=O)O. The molecule has 2 rings (SSSR count). The molecule has 1 aromatic heterocycles. The highest BCUT2D eigenvalue weighted by Gasteiger charge is 2.30. The molecule has 3 amide bonds. The van der Waals surface area contributed by atoms with E-state index in [-0.39, 0.29) is 24.5 Å². The molecular weight excluding hydrogens is 514 g/mol. The molecule has 1 aromatic carbocycles. The molecule has 0 aliphatic heterocycles. The maximum atomic E-state index is 13.5. The lowest BCUT2D eigenvalue weighted by atomic mass is 10.0. The number of para-hydroxylation sites is 1. The zero-order chi connectivity index (χ0) is 27.5. The van der Waals surface area contributed by atoms with E-state index in [0.717, 1.165) is 16.5 Å². The van der Waals surface area contributed by atoms with Crippen LogP contribution in [-0.4, -0.2) is 75.7 Å². The van der Waals surface area contributed by atoms with Gasteiger partial charge in [0.05, 0.1) is 6.04 Å². The fraction of sp³-hybridized carbons (Fsp3) is 0.520. The Bertz CT molecular complexity index is 1080. The summed E-state index contributed by atoms with van der Waals surface area (Å²) in [5.41, 5.74) is 7.78. The fourth-order valence-corrected chi connectivity index (χ4v) is 4.58. The Labute approximate surface area is 226 Å². The molecule has 0 aliphatic rings. The second-order valence-corrected chi connectivity index (χ2v) is 10.6. The van der Waals surface area contributed by atoms with Crippen LogP contribution in [0.4, 0.5) is 0 Å². The van der Waals surface area contributed by atoms with E-state index in [4.69, 9.17) is 5.73 Å². The Morgan fingerprint density at radius 1 is 1.03 bits per heavy atom. The molecule has 4 atom stereocenters. The number of nitrogens with one attached hydrogen (secondary N) is 4. The third-order valence-electron chi connectivity index (χ3n) is 5.83. The van der Waals surface area contributed by atoms with Gasteiger partial charge in [-0.3, -0.25) is 14.4 Å². The molecule has 37 heavy (non-hydrogen) atoms. The molecule has 10 nitrogen and oxygen atoms in total.